The van der Waals surface area contributed by atoms with Crippen molar-refractivity contribution in [2.75, 3.05) is 6.61 Å². The molecule has 0 aliphatic heterocycles. The summed E-state index contributed by atoms with van der Waals surface area (Å²) in [6, 6.07) is 19.8. The van der Waals surface area contributed by atoms with E-state index in [0.29, 0.717) is 18.8 Å². The number of hydrogen-bond donors (Lipinski definition) is 0. The summed E-state index contributed by atoms with van der Waals surface area (Å²) in [6.45, 7) is 5.07. The van der Waals surface area contributed by atoms with Crippen LogP contribution >= 0.6 is 0 Å². The molecular formula is C23H25NO3. The van der Waals surface area contributed by atoms with Gasteiger partial charge in [-0.1, -0.05) is 48.9 Å². The molecule has 0 unspecified atom stereocenters. The van der Waals surface area contributed by atoms with E-state index in [1.165, 1.54) is 5.56 Å². The molecule has 2 aromatic carbocycles. The number of carbonyl (C=O) groups is 1. The highest BCUT2D eigenvalue weighted by molar-refractivity contribution is 5.77. The van der Waals surface area contributed by atoms with E-state index >= 15 is 0 Å². The van der Waals surface area contributed by atoms with Crippen LogP contribution in [0.1, 0.15) is 29.4 Å². The Bertz CT molecular complexity index is 836. The van der Waals surface area contributed by atoms with Crippen LogP contribution in [0.3, 0.4) is 0 Å². The Morgan fingerprint density at radius 2 is 1.67 bits per heavy atom. The first-order valence-corrected chi connectivity index (χ1v) is 9.21. The topological polar surface area (TPSA) is 42.7 Å². The Hall–Kier alpha value is -3.01. The zero-order chi connectivity index (χ0) is 19.1. The van der Waals surface area contributed by atoms with Crippen molar-refractivity contribution in [2.45, 2.75) is 33.4 Å². The van der Waals surface area contributed by atoms with E-state index in [1.807, 2.05) is 43.3 Å². The van der Waals surface area contributed by atoms with Crippen LogP contribution in [0, 0.1) is 6.92 Å². The van der Waals surface area contributed by atoms with Gasteiger partial charge in [-0.05, 0) is 48.7 Å². The number of furan rings is 1. The van der Waals surface area contributed by atoms with Gasteiger partial charge in [0.2, 0.25) is 0 Å². The van der Waals surface area contributed by atoms with Gasteiger partial charge >= 0.3 is 0 Å². The molecule has 3 aromatic rings. The number of amides is 1. The Kier molecular flexibility index (Phi) is 6.31. The number of ether oxygens (including phenoxy) is 1. The molecule has 0 N–H and O–H groups in total. The lowest BCUT2D eigenvalue weighted by atomic mass is 10.1. The summed E-state index contributed by atoms with van der Waals surface area (Å²) >= 11 is 0. The number of hydrogen-bond acceptors (Lipinski definition) is 3. The molecule has 0 saturated carbocycles. The molecular weight excluding hydrogens is 338 g/mol. The van der Waals surface area contributed by atoms with Crippen molar-refractivity contribution in [3.05, 3.63) is 89.4 Å². The molecule has 0 fully saturated rings. The molecule has 27 heavy (non-hydrogen) atoms. The summed E-state index contributed by atoms with van der Waals surface area (Å²) in [5, 5.41) is 0. The maximum absolute atomic E-state index is 12.8. The summed E-state index contributed by atoms with van der Waals surface area (Å²) < 4.78 is 11.1. The number of rotatable bonds is 8. The lowest BCUT2D eigenvalue weighted by molar-refractivity contribution is -0.134. The van der Waals surface area contributed by atoms with Gasteiger partial charge < -0.3 is 14.1 Å². The van der Waals surface area contributed by atoms with Crippen LogP contribution in [0.5, 0.6) is 5.75 Å². The Morgan fingerprint density at radius 3 is 2.30 bits per heavy atom. The van der Waals surface area contributed by atoms with Crippen LogP contribution in [0.2, 0.25) is 0 Å². The van der Waals surface area contributed by atoms with Crippen LogP contribution in [0.15, 0.2) is 71.3 Å². The molecule has 0 saturated heterocycles. The molecule has 140 valence electrons. The van der Waals surface area contributed by atoms with Gasteiger partial charge in [0, 0.05) is 6.54 Å². The van der Waals surface area contributed by atoms with Crippen LogP contribution < -0.4 is 4.74 Å². The summed E-state index contributed by atoms with van der Waals surface area (Å²) in [6.07, 6.45) is 2.62. The van der Waals surface area contributed by atoms with Gasteiger partial charge in [-0.3, -0.25) is 4.79 Å². The second kappa shape index (κ2) is 9.08. The normalized spacial score (nSPS) is 10.6. The van der Waals surface area contributed by atoms with Gasteiger partial charge in [0.1, 0.15) is 11.5 Å². The second-order valence-corrected chi connectivity index (χ2v) is 6.60. The minimum absolute atomic E-state index is 0.00316. The largest absolute Gasteiger partial charge is 0.484 e. The van der Waals surface area contributed by atoms with Crippen molar-refractivity contribution in [1.29, 1.82) is 0 Å². The van der Waals surface area contributed by atoms with E-state index in [1.54, 1.807) is 11.2 Å². The van der Waals surface area contributed by atoms with Crippen LogP contribution in [-0.4, -0.2) is 17.4 Å². The van der Waals surface area contributed by atoms with Crippen molar-refractivity contribution < 1.29 is 13.9 Å². The Morgan fingerprint density at radius 1 is 0.963 bits per heavy atom. The van der Waals surface area contributed by atoms with Crippen LogP contribution in [-0.2, 0) is 24.3 Å². The van der Waals surface area contributed by atoms with Gasteiger partial charge in [-0.25, -0.2) is 0 Å². The predicted octanol–water partition coefficient (Wildman–Crippen LogP) is 4.76. The van der Waals surface area contributed by atoms with Crippen molar-refractivity contribution in [1.82, 2.24) is 4.90 Å². The highest BCUT2D eigenvalue weighted by Gasteiger charge is 2.17. The highest BCUT2D eigenvalue weighted by atomic mass is 16.5. The zero-order valence-corrected chi connectivity index (χ0v) is 15.9. The van der Waals surface area contributed by atoms with Gasteiger partial charge in [0.25, 0.3) is 5.91 Å². The molecule has 1 heterocycles. The third kappa shape index (κ3) is 5.48. The van der Waals surface area contributed by atoms with Gasteiger partial charge in [0.15, 0.2) is 6.61 Å². The van der Waals surface area contributed by atoms with E-state index in [2.05, 4.69) is 31.2 Å². The van der Waals surface area contributed by atoms with E-state index in [-0.39, 0.29) is 12.5 Å². The molecule has 0 aliphatic carbocycles. The fourth-order valence-corrected chi connectivity index (χ4v) is 2.79. The molecule has 1 aromatic heterocycles. The average Bonchev–Trinajstić information content (AvgIpc) is 3.20. The van der Waals surface area contributed by atoms with Crippen LogP contribution in [0.4, 0.5) is 0 Å². The van der Waals surface area contributed by atoms with Gasteiger partial charge in [-0.15, -0.1) is 0 Å². The standard InChI is InChI=1S/C23H25NO3/c1-3-19-8-10-20(11-9-19)15-24(16-22-5-4-14-26-22)23(25)17-27-21-12-6-18(2)7-13-21/h4-14H,3,15-17H2,1-2H3. The molecule has 3 rings (SSSR count). The lowest BCUT2D eigenvalue weighted by Gasteiger charge is -2.22. The maximum Gasteiger partial charge on any atom is 0.261 e. The molecule has 0 radical (unpaired) electrons. The monoisotopic (exact) mass is 363 g/mol. The van der Waals surface area contributed by atoms with E-state index in [9.17, 15) is 4.79 Å². The quantitative estimate of drug-likeness (QED) is 0.579. The summed E-state index contributed by atoms with van der Waals surface area (Å²) in [7, 11) is 0. The average molecular weight is 363 g/mol. The van der Waals surface area contributed by atoms with Crippen LogP contribution in [0.25, 0.3) is 0 Å². The first-order valence-electron chi connectivity index (χ1n) is 9.21. The van der Waals surface area contributed by atoms with E-state index in [0.717, 1.165) is 23.3 Å². The highest BCUT2D eigenvalue weighted by Crippen LogP contribution is 2.15. The van der Waals surface area contributed by atoms with E-state index in [4.69, 9.17) is 9.15 Å². The maximum atomic E-state index is 12.8. The van der Waals surface area contributed by atoms with Crippen molar-refractivity contribution in [3.63, 3.8) is 0 Å². The molecule has 4 heteroatoms. The SMILES string of the molecule is CCc1ccc(CN(Cc2ccco2)C(=O)COc2ccc(C)cc2)cc1. The number of carbonyl (C=O) groups excluding carboxylic acids is 1. The first kappa shape index (κ1) is 18.8. The summed E-state index contributed by atoms with van der Waals surface area (Å²) in [4.78, 5) is 14.6. The van der Waals surface area contributed by atoms with Crippen molar-refractivity contribution >= 4 is 5.91 Å². The summed E-state index contributed by atoms with van der Waals surface area (Å²) in [5.74, 6) is 1.37. The Balaban J connectivity index is 1.67. The lowest BCUT2D eigenvalue weighted by Crippen LogP contribution is -2.34. The zero-order valence-electron chi connectivity index (χ0n) is 15.9. The number of benzene rings is 2. The van der Waals surface area contributed by atoms with Crippen molar-refractivity contribution in [3.8, 4) is 5.75 Å². The van der Waals surface area contributed by atoms with Crippen molar-refractivity contribution in [2.24, 2.45) is 0 Å². The second-order valence-electron chi connectivity index (χ2n) is 6.60. The molecule has 0 spiro atoms. The first-order chi connectivity index (χ1) is 13.1. The third-order valence-corrected chi connectivity index (χ3v) is 4.47. The number of aryl methyl sites for hydroxylation is 2. The summed E-state index contributed by atoms with van der Waals surface area (Å²) in [5.41, 5.74) is 3.52. The van der Waals surface area contributed by atoms with E-state index < -0.39 is 0 Å². The fourth-order valence-electron chi connectivity index (χ4n) is 2.79. The van der Waals surface area contributed by atoms with Gasteiger partial charge in [0.05, 0.1) is 12.8 Å². The Labute approximate surface area is 160 Å². The van der Waals surface area contributed by atoms with Gasteiger partial charge in [-0.2, -0.15) is 0 Å². The molecule has 4 nitrogen and oxygen atoms in total. The number of nitrogens with zero attached hydrogens (tertiary/aromatic N) is 1. The molecule has 0 bridgehead atoms. The third-order valence-electron chi connectivity index (χ3n) is 4.47. The minimum Gasteiger partial charge on any atom is -0.484 e. The predicted molar refractivity (Wildman–Crippen MR) is 105 cm³/mol. The molecule has 0 aliphatic rings. The minimum atomic E-state index is -0.0773. The molecule has 0 atom stereocenters. The smallest absolute Gasteiger partial charge is 0.261 e. The fraction of sp³-hybridized carbons (Fsp3) is 0.261. The molecule has 1 amide bonds.